The number of aryl methyl sites for hydroxylation is 2. The van der Waals surface area contributed by atoms with Gasteiger partial charge in [-0.1, -0.05) is 48.2 Å². The number of nitrogens with zero attached hydrogens (tertiary/aromatic N) is 2. The fraction of sp³-hybridized carbons (Fsp3) is 0.263. The van der Waals surface area contributed by atoms with Crippen LogP contribution in [0.2, 0.25) is 0 Å². The van der Waals surface area contributed by atoms with Gasteiger partial charge < -0.3 is 4.57 Å². The van der Waals surface area contributed by atoms with Crippen molar-refractivity contribution in [1.82, 2.24) is 9.55 Å². The Kier molecular flexibility index (Phi) is 3.38. The molecule has 2 aliphatic rings. The molecule has 1 aromatic carbocycles. The molecule has 0 amide bonds. The van der Waals surface area contributed by atoms with Crippen molar-refractivity contribution in [3.8, 4) is 0 Å². The summed E-state index contributed by atoms with van der Waals surface area (Å²) in [5.74, 6) is 0. The molecule has 3 nitrogen and oxygen atoms in total. The fourth-order valence-corrected chi connectivity index (χ4v) is 6.00. The van der Waals surface area contributed by atoms with Gasteiger partial charge in [-0.3, -0.25) is 4.79 Å². The van der Waals surface area contributed by atoms with Crippen molar-refractivity contribution in [3.63, 3.8) is 0 Å². The SMILES string of the molecule is O=c1nc2n(c3sc4c(c13)CCCC4)C(c1ccccc1)C=CS2. The summed E-state index contributed by atoms with van der Waals surface area (Å²) in [6.07, 6.45) is 6.73. The zero-order valence-electron chi connectivity index (χ0n) is 13.1. The molecule has 3 heterocycles. The third-order valence-corrected chi connectivity index (χ3v) is 6.93. The van der Waals surface area contributed by atoms with Crippen LogP contribution in [0.3, 0.4) is 0 Å². The highest BCUT2D eigenvalue weighted by Gasteiger charge is 2.26. The zero-order valence-corrected chi connectivity index (χ0v) is 14.7. The molecular formula is C19H16N2OS2. The second kappa shape index (κ2) is 5.60. The van der Waals surface area contributed by atoms with Crippen molar-refractivity contribution >= 4 is 33.3 Å². The lowest BCUT2D eigenvalue weighted by atomic mass is 9.97. The first-order valence-corrected chi connectivity index (χ1v) is 9.97. The lowest BCUT2D eigenvalue weighted by Gasteiger charge is -2.24. The lowest BCUT2D eigenvalue weighted by Crippen LogP contribution is -2.20. The average molecular weight is 352 g/mol. The normalized spacial score (nSPS) is 19.2. The smallest absolute Gasteiger partial charge is 0.282 e. The first kappa shape index (κ1) is 14.5. The molecule has 0 bridgehead atoms. The molecule has 120 valence electrons. The summed E-state index contributed by atoms with van der Waals surface area (Å²) in [5, 5.41) is 3.73. The molecule has 5 rings (SSSR count). The molecule has 2 aromatic heterocycles. The Balaban J connectivity index is 1.83. The third kappa shape index (κ3) is 2.11. The van der Waals surface area contributed by atoms with E-state index in [1.807, 2.05) is 6.07 Å². The van der Waals surface area contributed by atoms with E-state index in [0.717, 1.165) is 28.2 Å². The van der Waals surface area contributed by atoms with Gasteiger partial charge in [0.25, 0.3) is 5.56 Å². The number of benzene rings is 1. The van der Waals surface area contributed by atoms with Crippen molar-refractivity contribution in [2.45, 2.75) is 36.9 Å². The summed E-state index contributed by atoms with van der Waals surface area (Å²) in [7, 11) is 0. The molecule has 0 N–H and O–H groups in total. The van der Waals surface area contributed by atoms with Gasteiger partial charge in [-0.25, -0.2) is 0 Å². The molecule has 1 aliphatic heterocycles. The zero-order chi connectivity index (χ0) is 16.1. The van der Waals surface area contributed by atoms with Crippen LogP contribution < -0.4 is 5.56 Å². The number of aromatic nitrogens is 2. The number of thiophene rings is 1. The first-order valence-electron chi connectivity index (χ1n) is 8.28. The topological polar surface area (TPSA) is 34.9 Å². The van der Waals surface area contributed by atoms with Gasteiger partial charge in [0.15, 0.2) is 5.16 Å². The number of hydrogen-bond acceptors (Lipinski definition) is 4. The van der Waals surface area contributed by atoms with Crippen LogP contribution in [0.1, 0.15) is 34.9 Å². The first-order chi connectivity index (χ1) is 11.8. The summed E-state index contributed by atoms with van der Waals surface area (Å²) in [4.78, 5) is 19.6. The Morgan fingerprint density at radius 1 is 1.12 bits per heavy atom. The molecule has 5 heteroatoms. The molecule has 3 aromatic rings. The molecule has 0 spiro atoms. The Morgan fingerprint density at radius 2 is 1.96 bits per heavy atom. The maximum Gasteiger partial charge on any atom is 0.282 e. The number of thioether (sulfide) groups is 1. The van der Waals surface area contributed by atoms with E-state index in [9.17, 15) is 4.79 Å². The van der Waals surface area contributed by atoms with E-state index < -0.39 is 0 Å². The highest BCUT2D eigenvalue weighted by atomic mass is 32.2. The molecule has 0 fully saturated rings. The summed E-state index contributed by atoms with van der Waals surface area (Å²) in [6, 6.07) is 10.6. The van der Waals surface area contributed by atoms with Crippen molar-refractivity contribution in [2.24, 2.45) is 0 Å². The highest BCUT2D eigenvalue weighted by molar-refractivity contribution is 8.02. The van der Waals surface area contributed by atoms with Crippen molar-refractivity contribution in [3.05, 3.63) is 68.2 Å². The Labute approximate surface area is 148 Å². The monoisotopic (exact) mass is 352 g/mol. The molecule has 1 atom stereocenters. The number of rotatable bonds is 1. The van der Waals surface area contributed by atoms with Crippen molar-refractivity contribution in [2.75, 3.05) is 0 Å². The molecule has 0 radical (unpaired) electrons. The van der Waals surface area contributed by atoms with Crippen molar-refractivity contribution < 1.29 is 0 Å². The van der Waals surface area contributed by atoms with E-state index in [0.29, 0.717) is 0 Å². The molecule has 0 saturated heterocycles. The van der Waals surface area contributed by atoms with Gasteiger partial charge in [0.2, 0.25) is 0 Å². The van der Waals surface area contributed by atoms with Crippen LogP contribution in [0.4, 0.5) is 0 Å². The highest BCUT2D eigenvalue weighted by Crippen LogP contribution is 2.40. The van der Waals surface area contributed by atoms with Gasteiger partial charge in [0, 0.05) is 4.88 Å². The van der Waals surface area contributed by atoms with Gasteiger partial charge in [-0.15, -0.1) is 11.3 Å². The maximum absolute atomic E-state index is 12.7. The van der Waals surface area contributed by atoms with E-state index in [-0.39, 0.29) is 11.6 Å². The summed E-state index contributed by atoms with van der Waals surface area (Å²) in [6.45, 7) is 0. The predicted octanol–water partition coefficient (Wildman–Crippen LogP) is 4.55. The summed E-state index contributed by atoms with van der Waals surface area (Å²) < 4.78 is 2.26. The van der Waals surface area contributed by atoms with Crippen LogP contribution in [0.25, 0.3) is 10.2 Å². The van der Waals surface area contributed by atoms with Crippen LogP contribution in [0.5, 0.6) is 0 Å². The average Bonchev–Trinajstić information content (AvgIpc) is 3.02. The largest absolute Gasteiger partial charge is 0.300 e. The quantitative estimate of drug-likeness (QED) is 0.603. The van der Waals surface area contributed by atoms with Crippen LogP contribution >= 0.6 is 23.1 Å². The van der Waals surface area contributed by atoms with E-state index in [1.165, 1.54) is 28.8 Å². The number of allylic oxidation sites excluding steroid dienone is 1. The van der Waals surface area contributed by atoms with Crippen LogP contribution in [0, 0.1) is 0 Å². The Morgan fingerprint density at radius 3 is 2.83 bits per heavy atom. The van der Waals surface area contributed by atoms with Gasteiger partial charge in [-0.2, -0.15) is 4.98 Å². The fourth-order valence-electron chi connectivity index (χ4n) is 3.72. The Hall–Kier alpha value is -1.85. The molecule has 24 heavy (non-hydrogen) atoms. The summed E-state index contributed by atoms with van der Waals surface area (Å²) >= 11 is 3.34. The maximum atomic E-state index is 12.7. The van der Waals surface area contributed by atoms with E-state index in [2.05, 4.69) is 45.3 Å². The van der Waals surface area contributed by atoms with Crippen molar-refractivity contribution in [1.29, 1.82) is 0 Å². The van der Waals surface area contributed by atoms with Crippen LogP contribution in [-0.4, -0.2) is 9.55 Å². The van der Waals surface area contributed by atoms with Gasteiger partial charge in [-0.05, 0) is 42.2 Å². The standard InChI is InChI=1S/C19H16N2OS2/c22-17-16-13-8-4-5-9-15(13)24-18(16)21-14(10-11-23-19(21)20-17)12-6-2-1-3-7-12/h1-3,6-7,10-11,14H,4-5,8-9H2. The van der Waals surface area contributed by atoms with Gasteiger partial charge >= 0.3 is 0 Å². The second-order valence-electron chi connectivity index (χ2n) is 6.26. The van der Waals surface area contributed by atoms with E-state index in [4.69, 9.17) is 0 Å². The molecular weight excluding hydrogens is 336 g/mol. The minimum atomic E-state index is -0.0507. The second-order valence-corrected chi connectivity index (χ2v) is 8.22. The van der Waals surface area contributed by atoms with E-state index >= 15 is 0 Å². The number of hydrogen-bond donors (Lipinski definition) is 0. The summed E-state index contributed by atoms with van der Waals surface area (Å²) in [5.41, 5.74) is 2.44. The van der Waals surface area contributed by atoms with Crippen LogP contribution in [0.15, 0.2) is 51.8 Å². The Bertz CT molecular complexity index is 1020. The third-order valence-electron chi connectivity index (χ3n) is 4.84. The molecule has 0 saturated carbocycles. The van der Waals surface area contributed by atoms with E-state index in [1.54, 1.807) is 23.1 Å². The predicted molar refractivity (Wildman–Crippen MR) is 100 cm³/mol. The molecule has 1 unspecified atom stereocenters. The van der Waals surface area contributed by atoms with Gasteiger partial charge in [0.1, 0.15) is 4.83 Å². The lowest BCUT2D eigenvalue weighted by molar-refractivity contribution is 0.626. The van der Waals surface area contributed by atoms with Crippen LogP contribution in [-0.2, 0) is 12.8 Å². The minimum Gasteiger partial charge on any atom is -0.300 e. The minimum absolute atomic E-state index is 0.0507. The number of fused-ring (bicyclic) bond motifs is 5. The molecule has 1 aliphatic carbocycles. The van der Waals surface area contributed by atoms with Gasteiger partial charge in [0.05, 0.1) is 11.4 Å².